The number of carbonyl (C=O) groups is 1. The van der Waals surface area contributed by atoms with Crippen molar-refractivity contribution in [2.45, 2.75) is 38.8 Å². The van der Waals surface area contributed by atoms with Gasteiger partial charge in [0.15, 0.2) is 0 Å². The van der Waals surface area contributed by atoms with E-state index in [4.69, 9.17) is 9.47 Å². The Bertz CT molecular complexity index is 523. The summed E-state index contributed by atoms with van der Waals surface area (Å²) in [6.45, 7) is 7.60. The van der Waals surface area contributed by atoms with Crippen molar-refractivity contribution in [3.8, 4) is 5.75 Å². The van der Waals surface area contributed by atoms with E-state index in [1.54, 1.807) is 14.2 Å². The van der Waals surface area contributed by atoms with Crippen LogP contribution in [0.5, 0.6) is 5.75 Å². The van der Waals surface area contributed by atoms with Crippen molar-refractivity contribution < 1.29 is 14.3 Å². The number of carbonyl (C=O) groups excluding carboxylic acids is 1. The number of piperazine rings is 1. The van der Waals surface area contributed by atoms with E-state index in [0.717, 1.165) is 44.0 Å². The summed E-state index contributed by atoms with van der Waals surface area (Å²) in [4.78, 5) is 17.1. The average Bonchev–Trinajstić information content (AvgIpc) is 2.59. The molecule has 1 amide bonds. The number of methoxy groups -OCH3 is 2. The number of para-hydroxylation sites is 1. The van der Waals surface area contributed by atoms with Gasteiger partial charge in [-0.15, -0.1) is 0 Å². The van der Waals surface area contributed by atoms with Gasteiger partial charge in [-0.25, -0.2) is 0 Å². The molecule has 1 aliphatic rings. The molecule has 0 N–H and O–H groups in total. The molecule has 1 heterocycles. The number of hydrogen-bond donors (Lipinski definition) is 0. The Morgan fingerprint density at radius 3 is 2.46 bits per heavy atom. The van der Waals surface area contributed by atoms with Gasteiger partial charge in [0, 0.05) is 45.2 Å². The minimum absolute atomic E-state index is 0.228. The predicted octanol–water partition coefficient (Wildman–Crippen LogP) is 2.20. The van der Waals surface area contributed by atoms with Crippen LogP contribution >= 0.6 is 0 Å². The van der Waals surface area contributed by atoms with Crippen molar-refractivity contribution in [2.24, 2.45) is 0 Å². The second kappa shape index (κ2) is 9.04. The quantitative estimate of drug-likeness (QED) is 0.767. The Labute approximate surface area is 145 Å². The van der Waals surface area contributed by atoms with Gasteiger partial charge in [-0.1, -0.05) is 18.2 Å². The lowest BCUT2D eigenvalue weighted by Gasteiger charge is -2.44. The van der Waals surface area contributed by atoms with Gasteiger partial charge in [0.1, 0.15) is 5.75 Å². The zero-order valence-electron chi connectivity index (χ0n) is 15.3. The van der Waals surface area contributed by atoms with Crippen molar-refractivity contribution >= 4 is 5.91 Å². The maximum Gasteiger partial charge on any atom is 0.223 e. The molecule has 2 rings (SSSR count). The zero-order chi connectivity index (χ0) is 17.5. The minimum Gasteiger partial charge on any atom is -0.496 e. The summed E-state index contributed by atoms with van der Waals surface area (Å²) in [5, 5.41) is 0. The summed E-state index contributed by atoms with van der Waals surface area (Å²) in [6.07, 6.45) is 1.24. The highest BCUT2D eigenvalue weighted by Gasteiger charge is 2.31. The first-order valence-electron chi connectivity index (χ1n) is 8.71. The fourth-order valence-electron chi connectivity index (χ4n) is 3.51. The Morgan fingerprint density at radius 1 is 1.17 bits per heavy atom. The van der Waals surface area contributed by atoms with E-state index in [1.165, 1.54) is 0 Å². The van der Waals surface area contributed by atoms with Gasteiger partial charge >= 0.3 is 0 Å². The predicted molar refractivity (Wildman–Crippen MR) is 95.4 cm³/mol. The Balaban J connectivity index is 1.89. The lowest BCUT2D eigenvalue weighted by atomic mass is 10.1. The molecule has 2 unspecified atom stereocenters. The van der Waals surface area contributed by atoms with Gasteiger partial charge in [-0.2, -0.15) is 0 Å². The third-order valence-electron chi connectivity index (χ3n) is 4.81. The summed E-state index contributed by atoms with van der Waals surface area (Å²) in [7, 11) is 3.40. The van der Waals surface area contributed by atoms with E-state index in [1.807, 2.05) is 29.2 Å². The van der Waals surface area contributed by atoms with E-state index in [0.29, 0.717) is 18.5 Å². The molecule has 24 heavy (non-hydrogen) atoms. The topological polar surface area (TPSA) is 42.0 Å². The summed E-state index contributed by atoms with van der Waals surface area (Å²) in [5.74, 6) is 1.09. The Hall–Kier alpha value is -1.59. The molecule has 5 heteroatoms. The average molecular weight is 334 g/mol. The van der Waals surface area contributed by atoms with Crippen molar-refractivity contribution in [3.05, 3.63) is 29.8 Å². The highest BCUT2D eigenvalue weighted by molar-refractivity contribution is 5.76. The van der Waals surface area contributed by atoms with Gasteiger partial charge < -0.3 is 14.4 Å². The Morgan fingerprint density at radius 2 is 1.83 bits per heavy atom. The Kier molecular flexibility index (Phi) is 7.06. The van der Waals surface area contributed by atoms with Crippen LogP contribution in [0.2, 0.25) is 0 Å². The van der Waals surface area contributed by atoms with Crippen molar-refractivity contribution in [1.29, 1.82) is 0 Å². The number of nitrogens with zero attached hydrogens (tertiary/aromatic N) is 2. The molecular formula is C19H30N2O3. The third-order valence-corrected chi connectivity index (χ3v) is 4.81. The molecule has 1 fully saturated rings. The second-order valence-electron chi connectivity index (χ2n) is 6.54. The number of hydrogen-bond acceptors (Lipinski definition) is 4. The van der Waals surface area contributed by atoms with Crippen LogP contribution in [0.25, 0.3) is 0 Å². The van der Waals surface area contributed by atoms with Gasteiger partial charge in [0.25, 0.3) is 0 Å². The number of rotatable bonds is 7. The largest absolute Gasteiger partial charge is 0.496 e. The molecule has 0 aliphatic carbocycles. The lowest BCUT2D eigenvalue weighted by Crippen LogP contribution is -2.58. The van der Waals surface area contributed by atoms with Crippen molar-refractivity contribution in [2.75, 3.05) is 40.5 Å². The van der Waals surface area contributed by atoms with Crippen LogP contribution in [-0.2, 0) is 16.0 Å². The molecule has 0 bridgehead atoms. The van der Waals surface area contributed by atoms with E-state index < -0.39 is 0 Å². The standard InChI is InChI=1S/C19H30N2O3/c1-15-13-20(14-16(2)21(15)11-12-23-3)19(22)10-9-17-7-5-6-8-18(17)24-4/h5-8,15-16H,9-14H2,1-4H3. The van der Waals surface area contributed by atoms with E-state index in [9.17, 15) is 4.79 Å². The summed E-state index contributed by atoms with van der Waals surface area (Å²) < 4.78 is 10.6. The SMILES string of the molecule is COCCN1C(C)CN(C(=O)CCc2ccccc2OC)CC1C. The molecule has 1 aromatic rings. The molecular weight excluding hydrogens is 304 g/mol. The van der Waals surface area contributed by atoms with E-state index >= 15 is 0 Å². The van der Waals surface area contributed by atoms with Crippen LogP contribution < -0.4 is 4.74 Å². The molecule has 1 aliphatic heterocycles. The van der Waals surface area contributed by atoms with Crippen LogP contribution in [0.3, 0.4) is 0 Å². The first kappa shape index (κ1) is 18.7. The highest BCUT2D eigenvalue weighted by Crippen LogP contribution is 2.21. The zero-order valence-corrected chi connectivity index (χ0v) is 15.3. The number of benzene rings is 1. The fourth-order valence-corrected chi connectivity index (χ4v) is 3.51. The molecule has 0 spiro atoms. The van der Waals surface area contributed by atoms with Crippen LogP contribution in [0.4, 0.5) is 0 Å². The smallest absolute Gasteiger partial charge is 0.223 e. The van der Waals surface area contributed by atoms with E-state index in [2.05, 4.69) is 18.7 Å². The normalized spacial score (nSPS) is 21.8. The maximum atomic E-state index is 12.6. The highest BCUT2D eigenvalue weighted by atomic mass is 16.5. The van der Waals surface area contributed by atoms with Crippen LogP contribution in [0.15, 0.2) is 24.3 Å². The van der Waals surface area contributed by atoms with Crippen LogP contribution in [-0.4, -0.2) is 68.3 Å². The molecule has 134 valence electrons. The molecule has 0 aromatic heterocycles. The summed E-state index contributed by atoms with van der Waals surface area (Å²) in [5.41, 5.74) is 1.09. The van der Waals surface area contributed by atoms with Gasteiger partial charge in [-0.3, -0.25) is 9.69 Å². The minimum atomic E-state index is 0.228. The molecule has 0 saturated carbocycles. The molecule has 2 atom stereocenters. The number of amides is 1. The van der Waals surface area contributed by atoms with Crippen molar-refractivity contribution in [1.82, 2.24) is 9.80 Å². The molecule has 1 saturated heterocycles. The van der Waals surface area contributed by atoms with E-state index in [-0.39, 0.29) is 5.91 Å². The monoisotopic (exact) mass is 334 g/mol. The number of ether oxygens (including phenoxy) is 2. The fraction of sp³-hybridized carbons (Fsp3) is 0.632. The number of aryl methyl sites for hydroxylation is 1. The summed E-state index contributed by atoms with van der Waals surface area (Å²) in [6, 6.07) is 8.63. The first-order chi connectivity index (χ1) is 11.6. The van der Waals surface area contributed by atoms with Crippen LogP contribution in [0.1, 0.15) is 25.8 Å². The first-order valence-corrected chi connectivity index (χ1v) is 8.71. The lowest BCUT2D eigenvalue weighted by molar-refractivity contribution is -0.135. The van der Waals surface area contributed by atoms with Crippen LogP contribution in [0, 0.1) is 0 Å². The second-order valence-corrected chi connectivity index (χ2v) is 6.54. The molecule has 5 nitrogen and oxygen atoms in total. The molecule has 0 radical (unpaired) electrons. The van der Waals surface area contributed by atoms with Crippen molar-refractivity contribution in [3.63, 3.8) is 0 Å². The van der Waals surface area contributed by atoms with Gasteiger partial charge in [-0.05, 0) is 31.9 Å². The maximum absolute atomic E-state index is 12.6. The third kappa shape index (κ3) is 4.71. The van der Waals surface area contributed by atoms with Gasteiger partial charge in [0.2, 0.25) is 5.91 Å². The molecule has 1 aromatic carbocycles. The van der Waals surface area contributed by atoms with Gasteiger partial charge in [0.05, 0.1) is 13.7 Å². The summed E-state index contributed by atoms with van der Waals surface area (Å²) >= 11 is 0.